The number of anilines is 1. The highest BCUT2D eigenvalue weighted by Gasteiger charge is 2.31. The Balaban J connectivity index is 2.41. The van der Waals surface area contributed by atoms with Gasteiger partial charge in [0.05, 0.1) is 0 Å². The Hall–Kier alpha value is -1.05. The summed E-state index contributed by atoms with van der Waals surface area (Å²) in [7, 11) is 0. The molecule has 2 aromatic heterocycles. The Morgan fingerprint density at radius 1 is 1.13 bits per heavy atom. The van der Waals surface area contributed by atoms with Crippen molar-refractivity contribution < 1.29 is 9.15 Å². The number of nitrogen functional groups attached to an aromatic ring is 1. The van der Waals surface area contributed by atoms with Crippen molar-refractivity contribution in [3.63, 3.8) is 0 Å². The normalized spacial score (nSPS) is 11.9. The molecule has 80 valence electrons. The number of halogens is 3. The second kappa shape index (κ2) is 3.51. The van der Waals surface area contributed by atoms with Crippen LogP contribution in [0, 0.1) is 0 Å². The van der Waals surface area contributed by atoms with Crippen molar-refractivity contribution in [2.75, 3.05) is 5.73 Å². The van der Waals surface area contributed by atoms with E-state index >= 15 is 0 Å². The maximum Gasteiger partial charge on any atom is 0.279 e. The van der Waals surface area contributed by atoms with Gasteiger partial charge in [0, 0.05) is 0 Å². The molecule has 0 aliphatic carbocycles. The molecule has 2 aromatic rings. The summed E-state index contributed by atoms with van der Waals surface area (Å²) in [4.78, 5) is 3.77. The summed E-state index contributed by atoms with van der Waals surface area (Å²) in [5.41, 5.74) is 5.53. The van der Waals surface area contributed by atoms with Crippen molar-refractivity contribution in [1.82, 2.24) is 20.5 Å². The van der Waals surface area contributed by atoms with E-state index in [1.54, 1.807) is 0 Å². The topological polar surface area (TPSA) is 104 Å². The molecule has 10 heteroatoms. The lowest BCUT2D eigenvalue weighted by atomic mass is 10.4. The lowest BCUT2D eigenvalue weighted by Crippen LogP contribution is -2.00. The van der Waals surface area contributed by atoms with E-state index < -0.39 is 3.79 Å². The first-order valence-electron chi connectivity index (χ1n) is 3.48. The highest BCUT2D eigenvalue weighted by molar-refractivity contribution is 6.66. The predicted molar refractivity (Wildman–Crippen MR) is 51.2 cm³/mol. The molecule has 0 aromatic carbocycles. The summed E-state index contributed by atoms with van der Waals surface area (Å²) in [5, 5.41) is 10.3. The third kappa shape index (κ3) is 1.99. The van der Waals surface area contributed by atoms with Crippen LogP contribution in [0.15, 0.2) is 9.15 Å². The van der Waals surface area contributed by atoms with Crippen LogP contribution in [0.1, 0.15) is 5.89 Å². The zero-order valence-corrected chi connectivity index (χ0v) is 9.08. The molecule has 2 N–H and O–H groups in total. The Morgan fingerprint density at radius 3 is 2.33 bits per heavy atom. The number of nitrogens with two attached hydrogens (primary N) is 1. The molecule has 7 nitrogen and oxygen atoms in total. The van der Waals surface area contributed by atoms with Crippen LogP contribution >= 0.6 is 34.8 Å². The number of hydrogen-bond donors (Lipinski definition) is 1. The van der Waals surface area contributed by atoms with Crippen molar-refractivity contribution in [3.8, 4) is 11.5 Å². The van der Waals surface area contributed by atoms with Gasteiger partial charge >= 0.3 is 0 Å². The van der Waals surface area contributed by atoms with Gasteiger partial charge in [0.15, 0.2) is 11.5 Å². The Kier molecular flexibility index (Phi) is 2.45. The summed E-state index contributed by atoms with van der Waals surface area (Å²) in [6.45, 7) is 0. The van der Waals surface area contributed by atoms with Crippen LogP contribution in [-0.2, 0) is 3.79 Å². The monoisotopic (exact) mass is 269 g/mol. The van der Waals surface area contributed by atoms with Crippen LogP contribution in [-0.4, -0.2) is 20.5 Å². The minimum absolute atomic E-state index is 0.0201. The highest BCUT2D eigenvalue weighted by Crippen LogP contribution is 2.37. The molecule has 0 saturated heterocycles. The Bertz CT molecular complexity index is 475. The SMILES string of the molecule is Nc1nonc1-c1noc(C(Cl)(Cl)Cl)n1. The van der Waals surface area contributed by atoms with Gasteiger partial charge in [-0.2, -0.15) is 4.98 Å². The third-order valence-electron chi connectivity index (χ3n) is 1.39. The average Bonchev–Trinajstić information content (AvgIpc) is 2.69. The molecule has 0 atom stereocenters. The fourth-order valence-electron chi connectivity index (χ4n) is 0.785. The first-order chi connectivity index (χ1) is 6.98. The number of nitrogens with zero attached hydrogens (tertiary/aromatic N) is 4. The van der Waals surface area contributed by atoms with Crippen LogP contribution in [0.5, 0.6) is 0 Å². The van der Waals surface area contributed by atoms with Crippen molar-refractivity contribution in [2.45, 2.75) is 3.79 Å². The van der Waals surface area contributed by atoms with Crippen molar-refractivity contribution in [3.05, 3.63) is 5.89 Å². The summed E-state index contributed by atoms with van der Waals surface area (Å²) >= 11 is 16.6. The minimum atomic E-state index is -1.79. The van der Waals surface area contributed by atoms with E-state index in [2.05, 4.69) is 29.6 Å². The molecule has 0 amide bonds. The van der Waals surface area contributed by atoms with Crippen molar-refractivity contribution in [1.29, 1.82) is 0 Å². The van der Waals surface area contributed by atoms with Crippen LogP contribution in [0.25, 0.3) is 11.5 Å². The Morgan fingerprint density at radius 2 is 1.87 bits per heavy atom. The predicted octanol–water partition coefficient (Wildman–Crippen LogP) is 1.53. The van der Waals surface area contributed by atoms with Gasteiger partial charge in [-0.15, -0.1) is 0 Å². The summed E-state index contributed by atoms with van der Waals surface area (Å²) in [6.07, 6.45) is 0. The molecule has 2 heterocycles. The van der Waals surface area contributed by atoms with E-state index in [0.717, 1.165) is 0 Å². The maximum atomic E-state index is 5.52. The molecular weight excluding hydrogens is 268 g/mol. The fourth-order valence-corrected chi connectivity index (χ4v) is 1.02. The molecule has 2 rings (SSSR count). The standard InChI is InChI=1S/C5H2Cl3N5O2/c6-5(7,8)4-10-3(13-14-4)1-2(9)12-15-11-1/h(H2,9,12). The summed E-state index contributed by atoms with van der Waals surface area (Å²) in [6, 6.07) is 0. The van der Waals surface area contributed by atoms with Gasteiger partial charge in [0.1, 0.15) is 0 Å². The van der Waals surface area contributed by atoms with E-state index in [1.807, 2.05) is 0 Å². The fraction of sp³-hybridized carbons (Fsp3) is 0.200. The molecule has 0 aliphatic heterocycles. The smallest absolute Gasteiger partial charge is 0.279 e. The van der Waals surface area contributed by atoms with Crippen molar-refractivity contribution >= 4 is 40.6 Å². The zero-order valence-electron chi connectivity index (χ0n) is 6.82. The molecule has 0 saturated carbocycles. The van der Waals surface area contributed by atoms with E-state index in [1.165, 1.54) is 0 Å². The number of alkyl halides is 3. The van der Waals surface area contributed by atoms with E-state index in [9.17, 15) is 0 Å². The molecule has 0 fully saturated rings. The molecule has 0 bridgehead atoms. The van der Waals surface area contributed by atoms with Gasteiger partial charge in [0.25, 0.3) is 9.68 Å². The molecular formula is C5H2Cl3N5O2. The zero-order chi connectivity index (χ0) is 11.1. The van der Waals surface area contributed by atoms with Gasteiger partial charge < -0.3 is 10.3 Å². The Labute approximate surface area is 97.4 Å². The van der Waals surface area contributed by atoms with Crippen LogP contribution in [0.2, 0.25) is 0 Å². The lowest BCUT2D eigenvalue weighted by Gasteiger charge is -2.00. The second-order valence-electron chi connectivity index (χ2n) is 2.42. The minimum Gasteiger partial charge on any atom is -0.379 e. The van der Waals surface area contributed by atoms with Crippen molar-refractivity contribution in [2.24, 2.45) is 0 Å². The molecule has 0 aliphatic rings. The number of rotatable bonds is 1. The van der Waals surface area contributed by atoms with Crippen LogP contribution in [0.4, 0.5) is 5.82 Å². The van der Waals surface area contributed by atoms with Gasteiger partial charge in [-0.3, -0.25) is 0 Å². The van der Waals surface area contributed by atoms with Gasteiger partial charge in [0.2, 0.25) is 5.82 Å². The largest absolute Gasteiger partial charge is 0.379 e. The van der Waals surface area contributed by atoms with E-state index in [0.29, 0.717) is 0 Å². The lowest BCUT2D eigenvalue weighted by molar-refractivity contribution is 0.310. The molecule has 0 radical (unpaired) electrons. The molecule has 0 spiro atoms. The third-order valence-corrected chi connectivity index (χ3v) is 1.88. The van der Waals surface area contributed by atoms with Crippen LogP contribution in [0.3, 0.4) is 0 Å². The van der Waals surface area contributed by atoms with Gasteiger partial charge in [-0.05, 0) is 10.3 Å². The summed E-state index contributed by atoms with van der Waals surface area (Å²) < 4.78 is 7.24. The summed E-state index contributed by atoms with van der Waals surface area (Å²) in [5.74, 6) is -0.133. The van der Waals surface area contributed by atoms with E-state index in [4.69, 9.17) is 40.5 Å². The maximum absolute atomic E-state index is 5.52. The first-order valence-corrected chi connectivity index (χ1v) is 4.61. The van der Waals surface area contributed by atoms with Gasteiger partial charge in [-0.1, -0.05) is 40.0 Å². The van der Waals surface area contributed by atoms with E-state index in [-0.39, 0.29) is 23.2 Å². The number of aromatic nitrogens is 4. The quantitative estimate of drug-likeness (QED) is 0.783. The van der Waals surface area contributed by atoms with Crippen LogP contribution < -0.4 is 5.73 Å². The number of hydrogen-bond acceptors (Lipinski definition) is 7. The first kappa shape index (κ1) is 10.5. The second-order valence-corrected chi connectivity index (χ2v) is 4.70. The highest BCUT2D eigenvalue weighted by atomic mass is 35.6. The molecule has 0 unspecified atom stereocenters. The van der Waals surface area contributed by atoms with Gasteiger partial charge in [-0.25, -0.2) is 4.63 Å². The molecule has 15 heavy (non-hydrogen) atoms. The average molecular weight is 270 g/mol.